The maximum atomic E-state index is 12.1. The molecule has 1 saturated heterocycles. The van der Waals surface area contributed by atoms with Crippen molar-refractivity contribution in [1.82, 2.24) is 10.2 Å². The molecule has 0 bridgehead atoms. The Morgan fingerprint density at radius 3 is 2.90 bits per heavy atom. The highest BCUT2D eigenvalue weighted by molar-refractivity contribution is 5.79. The molecule has 1 saturated carbocycles. The van der Waals surface area contributed by atoms with Gasteiger partial charge in [-0.25, -0.2) is 0 Å². The Balaban J connectivity index is 1.84. The molecule has 1 heterocycles. The molecule has 2 aliphatic rings. The van der Waals surface area contributed by atoms with E-state index >= 15 is 0 Å². The van der Waals surface area contributed by atoms with Crippen molar-refractivity contribution in [2.75, 3.05) is 26.2 Å². The minimum Gasteiger partial charge on any atom is -0.374 e. The average Bonchev–Trinajstić information content (AvgIpc) is 2.88. The van der Waals surface area contributed by atoms with Crippen LogP contribution < -0.4 is 11.1 Å². The van der Waals surface area contributed by atoms with Crippen molar-refractivity contribution in [2.45, 2.75) is 50.3 Å². The zero-order valence-corrected chi connectivity index (χ0v) is 12.1. The van der Waals surface area contributed by atoms with Crippen molar-refractivity contribution >= 4 is 5.91 Å². The van der Waals surface area contributed by atoms with Crippen molar-refractivity contribution in [3.8, 4) is 6.07 Å². The highest BCUT2D eigenvalue weighted by Gasteiger charge is 2.36. The zero-order valence-electron chi connectivity index (χ0n) is 12.1. The van der Waals surface area contributed by atoms with Crippen LogP contribution in [0, 0.1) is 11.3 Å². The third-order valence-corrected chi connectivity index (χ3v) is 4.18. The number of ether oxygens (including phenoxy) is 1. The molecule has 112 valence electrons. The van der Waals surface area contributed by atoms with Crippen LogP contribution in [0.15, 0.2) is 0 Å². The van der Waals surface area contributed by atoms with E-state index in [2.05, 4.69) is 11.4 Å². The molecule has 0 aromatic carbocycles. The molecule has 0 spiro atoms. The molecule has 1 aliphatic heterocycles. The lowest BCUT2D eigenvalue weighted by Crippen LogP contribution is -2.54. The molecule has 2 fully saturated rings. The normalized spacial score (nSPS) is 27.8. The van der Waals surface area contributed by atoms with Gasteiger partial charge in [-0.05, 0) is 32.6 Å². The number of carbonyl (C=O) groups excluding carboxylic acids is 1. The molecule has 0 aromatic heterocycles. The predicted octanol–water partition coefficient (Wildman–Crippen LogP) is -0.0130. The van der Waals surface area contributed by atoms with Gasteiger partial charge in [0, 0.05) is 19.1 Å². The van der Waals surface area contributed by atoms with E-state index in [4.69, 9.17) is 10.5 Å². The molecule has 2 atom stereocenters. The fraction of sp³-hybridized carbons (Fsp3) is 0.857. The topological polar surface area (TPSA) is 91.4 Å². The molecular weight excluding hydrogens is 256 g/mol. The molecule has 6 heteroatoms. The number of rotatable bonds is 4. The van der Waals surface area contributed by atoms with Crippen molar-refractivity contribution in [3.05, 3.63) is 0 Å². The number of nitriles is 1. The summed E-state index contributed by atoms with van der Waals surface area (Å²) in [5.74, 6) is -0.0706. The van der Waals surface area contributed by atoms with E-state index in [1.54, 1.807) is 0 Å². The predicted molar refractivity (Wildman–Crippen MR) is 74.8 cm³/mol. The maximum absolute atomic E-state index is 12.1. The number of nitrogens with one attached hydrogen (secondary N) is 1. The Labute approximate surface area is 120 Å². The van der Waals surface area contributed by atoms with Gasteiger partial charge in [0.2, 0.25) is 5.91 Å². The van der Waals surface area contributed by atoms with Crippen LogP contribution in [0.2, 0.25) is 0 Å². The first-order valence-corrected chi connectivity index (χ1v) is 7.36. The van der Waals surface area contributed by atoms with Gasteiger partial charge in [0.1, 0.15) is 5.54 Å². The second kappa shape index (κ2) is 6.53. The Morgan fingerprint density at radius 1 is 1.60 bits per heavy atom. The van der Waals surface area contributed by atoms with Crippen LogP contribution >= 0.6 is 0 Å². The number of hydrogen-bond acceptors (Lipinski definition) is 5. The quantitative estimate of drug-likeness (QED) is 0.755. The van der Waals surface area contributed by atoms with Crippen LogP contribution in [-0.4, -0.2) is 54.7 Å². The largest absolute Gasteiger partial charge is 0.374 e. The Kier molecular flexibility index (Phi) is 4.97. The molecule has 1 aliphatic carbocycles. The lowest BCUT2D eigenvalue weighted by Gasteiger charge is -2.34. The highest BCUT2D eigenvalue weighted by Crippen LogP contribution is 2.28. The summed E-state index contributed by atoms with van der Waals surface area (Å²) >= 11 is 0. The summed E-state index contributed by atoms with van der Waals surface area (Å²) in [5, 5.41) is 12.2. The van der Waals surface area contributed by atoms with Gasteiger partial charge in [-0.15, -0.1) is 0 Å². The van der Waals surface area contributed by atoms with E-state index in [1.165, 1.54) is 0 Å². The van der Waals surface area contributed by atoms with E-state index < -0.39 is 5.54 Å². The number of hydrogen-bond donors (Lipinski definition) is 2. The van der Waals surface area contributed by atoms with Crippen molar-refractivity contribution in [3.63, 3.8) is 0 Å². The molecule has 20 heavy (non-hydrogen) atoms. The summed E-state index contributed by atoms with van der Waals surface area (Å²) in [6, 6.07) is 2.24. The Hall–Kier alpha value is -1.16. The molecular formula is C14H24N4O2. The third-order valence-electron chi connectivity index (χ3n) is 4.18. The molecule has 1 amide bonds. The third kappa shape index (κ3) is 3.69. The molecule has 2 rings (SSSR count). The number of amides is 1. The van der Waals surface area contributed by atoms with Crippen molar-refractivity contribution in [1.29, 1.82) is 5.26 Å². The van der Waals surface area contributed by atoms with Gasteiger partial charge in [0.25, 0.3) is 0 Å². The number of nitrogens with two attached hydrogens (primary N) is 1. The van der Waals surface area contributed by atoms with Crippen LogP contribution in [0.5, 0.6) is 0 Å². The summed E-state index contributed by atoms with van der Waals surface area (Å²) in [5.41, 5.74) is 5.20. The first-order chi connectivity index (χ1) is 9.54. The van der Waals surface area contributed by atoms with Crippen molar-refractivity contribution < 1.29 is 9.53 Å². The number of nitrogens with zero attached hydrogens (tertiary/aromatic N) is 2. The first-order valence-electron chi connectivity index (χ1n) is 7.36. The molecule has 0 radical (unpaired) electrons. The van der Waals surface area contributed by atoms with Gasteiger partial charge in [-0.1, -0.05) is 0 Å². The van der Waals surface area contributed by atoms with Gasteiger partial charge in [0.05, 0.1) is 25.3 Å². The van der Waals surface area contributed by atoms with E-state index in [-0.39, 0.29) is 18.1 Å². The van der Waals surface area contributed by atoms with E-state index in [0.717, 1.165) is 32.2 Å². The second-order valence-corrected chi connectivity index (χ2v) is 5.95. The van der Waals surface area contributed by atoms with Crippen molar-refractivity contribution in [2.24, 2.45) is 5.73 Å². The lowest BCUT2D eigenvalue weighted by molar-refractivity contribution is -0.125. The monoisotopic (exact) mass is 280 g/mol. The zero-order chi connectivity index (χ0) is 14.6. The van der Waals surface area contributed by atoms with Gasteiger partial charge >= 0.3 is 0 Å². The van der Waals surface area contributed by atoms with E-state index in [0.29, 0.717) is 19.7 Å². The molecule has 0 aromatic rings. The lowest BCUT2D eigenvalue weighted by atomic mass is 10.00. The van der Waals surface area contributed by atoms with Gasteiger partial charge in [-0.2, -0.15) is 5.26 Å². The van der Waals surface area contributed by atoms with Crippen LogP contribution in [0.1, 0.15) is 32.6 Å². The molecule has 2 unspecified atom stereocenters. The smallest absolute Gasteiger partial charge is 0.235 e. The average molecular weight is 280 g/mol. The number of morpholine rings is 1. The molecule has 6 nitrogen and oxygen atoms in total. The minimum absolute atomic E-state index is 0.0204. The number of carbonyl (C=O) groups is 1. The van der Waals surface area contributed by atoms with Crippen LogP contribution in [0.3, 0.4) is 0 Å². The SMILES string of the molecule is CC(N)C1CN(CC(=O)NC2(C#N)CCCC2)CCO1. The van der Waals surface area contributed by atoms with Gasteiger partial charge in [0.15, 0.2) is 0 Å². The van der Waals surface area contributed by atoms with Gasteiger partial charge < -0.3 is 15.8 Å². The standard InChI is InChI=1S/C14H24N4O2/c1-11(16)12-8-18(6-7-20-12)9-13(19)17-14(10-15)4-2-3-5-14/h11-12H,2-9,16H2,1H3,(H,17,19). The maximum Gasteiger partial charge on any atom is 0.235 e. The molecule has 3 N–H and O–H groups in total. The van der Waals surface area contributed by atoms with Crippen LogP contribution in [0.4, 0.5) is 0 Å². The minimum atomic E-state index is -0.635. The summed E-state index contributed by atoms with van der Waals surface area (Å²) in [7, 11) is 0. The van der Waals surface area contributed by atoms with Crippen LogP contribution in [0.25, 0.3) is 0 Å². The van der Waals surface area contributed by atoms with E-state index in [1.807, 2.05) is 11.8 Å². The van der Waals surface area contributed by atoms with E-state index in [9.17, 15) is 10.1 Å². The summed E-state index contributed by atoms with van der Waals surface area (Å²) < 4.78 is 5.57. The van der Waals surface area contributed by atoms with Crippen LogP contribution in [-0.2, 0) is 9.53 Å². The Morgan fingerprint density at radius 2 is 2.30 bits per heavy atom. The fourth-order valence-electron chi connectivity index (χ4n) is 2.95. The van der Waals surface area contributed by atoms with Gasteiger partial charge in [-0.3, -0.25) is 9.69 Å². The Bertz CT molecular complexity index is 385. The highest BCUT2D eigenvalue weighted by atomic mass is 16.5. The fourth-order valence-corrected chi connectivity index (χ4v) is 2.95. The first kappa shape index (κ1) is 15.2. The summed E-state index contributed by atoms with van der Waals surface area (Å²) in [6.07, 6.45) is 3.53. The summed E-state index contributed by atoms with van der Waals surface area (Å²) in [4.78, 5) is 14.2. The summed E-state index contributed by atoms with van der Waals surface area (Å²) in [6.45, 7) is 4.23. The second-order valence-electron chi connectivity index (χ2n) is 5.95.